The molecule has 0 radical (unpaired) electrons. The van der Waals surface area contributed by atoms with E-state index in [9.17, 15) is 8.42 Å². The smallest absolute Gasteiger partial charge is 0.241 e. The summed E-state index contributed by atoms with van der Waals surface area (Å²) in [7, 11) is -1.79. The second-order valence-corrected chi connectivity index (χ2v) is 10.5. The van der Waals surface area contributed by atoms with Crippen molar-refractivity contribution in [3.8, 4) is 0 Å². The third kappa shape index (κ3) is 5.38. The Morgan fingerprint density at radius 1 is 1.21 bits per heavy atom. The summed E-state index contributed by atoms with van der Waals surface area (Å²) in [5, 5.41) is 3.37. The van der Waals surface area contributed by atoms with Crippen molar-refractivity contribution in [2.24, 2.45) is 10.4 Å². The van der Waals surface area contributed by atoms with E-state index in [-0.39, 0.29) is 24.0 Å². The molecule has 0 bridgehead atoms. The second-order valence-electron chi connectivity index (χ2n) is 8.89. The molecule has 8 heteroatoms. The average Bonchev–Trinajstić information content (AvgIpc) is 2.99. The predicted molar refractivity (Wildman–Crippen MR) is 125 cm³/mol. The van der Waals surface area contributed by atoms with Crippen molar-refractivity contribution in [2.75, 3.05) is 20.1 Å². The minimum Gasteiger partial charge on any atom is -0.352 e. The molecule has 1 aliphatic heterocycles. The van der Waals surface area contributed by atoms with E-state index < -0.39 is 15.6 Å². The first-order valence-corrected chi connectivity index (χ1v) is 11.2. The van der Waals surface area contributed by atoms with Crippen LogP contribution < -0.4 is 10.0 Å². The minimum atomic E-state index is -3.58. The highest BCUT2D eigenvalue weighted by Gasteiger charge is 2.43. The molecule has 1 saturated heterocycles. The average molecular weight is 520 g/mol. The Labute approximate surface area is 186 Å². The molecule has 2 aliphatic rings. The monoisotopic (exact) mass is 520 g/mol. The number of nitrogens with one attached hydrogen (secondary N) is 2. The molecule has 1 aromatic carbocycles. The van der Waals surface area contributed by atoms with Gasteiger partial charge in [0.2, 0.25) is 10.0 Å². The number of hydrogen-bond acceptors (Lipinski definition) is 3. The van der Waals surface area contributed by atoms with Gasteiger partial charge in [0, 0.05) is 32.2 Å². The van der Waals surface area contributed by atoms with E-state index in [0.29, 0.717) is 16.9 Å². The Morgan fingerprint density at radius 2 is 1.89 bits per heavy atom. The maximum Gasteiger partial charge on any atom is 0.241 e. The zero-order chi connectivity index (χ0) is 19.7. The summed E-state index contributed by atoms with van der Waals surface area (Å²) < 4.78 is 28.3. The number of aliphatic imine (C=N–C) groups is 1. The maximum absolute atomic E-state index is 12.8. The van der Waals surface area contributed by atoms with E-state index in [4.69, 9.17) is 0 Å². The van der Waals surface area contributed by atoms with Crippen molar-refractivity contribution in [3.63, 3.8) is 0 Å². The summed E-state index contributed by atoms with van der Waals surface area (Å²) >= 11 is 0. The largest absolute Gasteiger partial charge is 0.352 e. The van der Waals surface area contributed by atoms with Crippen LogP contribution in [0.4, 0.5) is 0 Å². The highest BCUT2D eigenvalue weighted by molar-refractivity contribution is 14.0. The lowest BCUT2D eigenvalue weighted by Gasteiger charge is -2.38. The molecular weight excluding hydrogens is 487 g/mol. The van der Waals surface area contributed by atoms with Gasteiger partial charge in [0.15, 0.2) is 5.96 Å². The molecule has 2 N–H and O–H groups in total. The maximum atomic E-state index is 12.8. The molecule has 1 spiro atoms. The van der Waals surface area contributed by atoms with Gasteiger partial charge in [-0.05, 0) is 57.1 Å². The Bertz CT molecular complexity index is 814. The Balaban J connectivity index is 0.00000280. The Kier molecular flexibility index (Phi) is 7.42. The summed E-state index contributed by atoms with van der Waals surface area (Å²) in [6, 6.07) is 7.15. The summed E-state index contributed by atoms with van der Waals surface area (Å²) in [5.41, 5.74) is 0.713. The third-order valence-electron chi connectivity index (χ3n) is 5.50. The lowest BCUT2D eigenvalue weighted by Crippen LogP contribution is -2.43. The summed E-state index contributed by atoms with van der Waals surface area (Å²) in [5.74, 6) is 0.856. The molecule has 1 aromatic rings. The van der Waals surface area contributed by atoms with Crippen LogP contribution in [0.15, 0.2) is 34.2 Å². The van der Waals surface area contributed by atoms with Crippen LogP contribution >= 0.6 is 24.0 Å². The van der Waals surface area contributed by atoms with E-state index >= 15 is 0 Å². The number of hydrogen-bond donors (Lipinski definition) is 2. The van der Waals surface area contributed by atoms with Crippen molar-refractivity contribution >= 4 is 40.0 Å². The standard InChI is InChI=1S/C20H32N4O2S.HI/c1-19(2,3)23-27(25,26)17-9-6-5-8-16(17)14-22-18(21-4)24-13-12-20(15-24)10-7-11-20;/h5-6,8-9,23H,7,10-15H2,1-4H3,(H,21,22);1H. The summed E-state index contributed by atoms with van der Waals surface area (Å²) in [4.78, 5) is 7.06. The fourth-order valence-electron chi connectivity index (χ4n) is 4.08. The van der Waals surface area contributed by atoms with Gasteiger partial charge < -0.3 is 10.2 Å². The molecule has 3 rings (SSSR count). The van der Waals surface area contributed by atoms with Crippen molar-refractivity contribution in [1.29, 1.82) is 0 Å². The molecular formula is C20H33IN4O2S. The number of benzene rings is 1. The fourth-order valence-corrected chi connectivity index (χ4v) is 5.74. The van der Waals surface area contributed by atoms with Crippen LogP contribution in [0.25, 0.3) is 0 Å². The SMILES string of the molecule is CN=C(NCc1ccccc1S(=O)(=O)NC(C)(C)C)N1CCC2(CCC2)C1.I. The lowest BCUT2D eigenvalue weighted by atomic mass is 9.68. The third-order valence-corrected chi connectivity index (χ3v) is 7.36. The van der Waals surface area contributed by atoms with E-state index in [2.05, 4.69) is 19.9 Å². The number of likely N-dealkylation sites (tertiary alicyclic amines) is 1. The van der Waals surface area contributed by atoms with E-state index in [0.717, 1.165) is 24.6 Å². The van der Waals surface area contributed by atoms with Crippen molar-refractivity contribution in [1.82, 2.24) is 14.9 Å². The number of nitrogens with zero attached hydrogens (tertiary/aromatic N) is 2. The van der Waals surface area contributed by atoms with Gasteiger partial charge in [-0.25, -0.2) is 13.1 Å². The van der Waals surface area contributed by atoms with Gasteiger partial charge in [0.05, 0.1) is 4.90 Å². The molecule has 0 atom stereocenters. The van der Waals surface area contributed by atoms with Crippen LogP contribution in [0.3, 0.4) is 0 Å². The van der Waals surface area contributed by atoms with Gasteiger partial charge in [-0.1, -0.05) is 24.6 Å². The normalized spacial score (nSPS) is 19.3. The molecule has 6 nitrogen and oxygen atoms in total. The highest BCUT2D eigenvalue weighted by Crippen LogP contribution is 2.47. The van der Waals surface area contributed by atoms with E-state index in [1.165, 1.54) is 25.7 Å². The topological polar surface area (TPSA) is 73.8 Å². The molecule has 0 unspecified atom stereocenters. The molecule has 2 fully saturated rings. The van der Waals surface area contributed by atoms with Crippen molar-refractivity contribution in [2.45, 2.75) is 63.4 Å². The van der Waals surface area contributed by atoms with Gasteiger partial charge >= 0.3 is 0 Å². The molecule has 0 amide bonds. The fraction of sp³-hybridized carbons (Fsp3) is 0.650. The second kappa shape index (κ2) is 8.87. The zero-order valence-corrected chi connectivity index (χ0v) is 20.4. The van der Waals surface area contributed by atoms with Gasteiger partial charge in [-0.2, -0.15) is 0 Å². The van der Waals surface area contributed by atoms with Crippen LogP contribution in [0.2, 0.25) is 0 Å². The van der Waals surface area contributed by atoms with Crippen LogP contribution in [0.5, 0.6) is 0 Å². The van der Waals surface area contributed by atoms with Gasteiger partial charge in [0.1, 0.15) is 0 Å². The molecule has 1 heterocycles. The van der Waals surface area contributed by atoms with Crippen molar-refractivity contribution in [3.05, 3.63) is 29.8 Å². The van der Waals surface area contributed by atoms with Crippen molar-refractivity contribution < 1.29 is 8.42 Å². The Hall–Kier alpha value is -0.870. The number of sulfonamides is 1. The number of rotatable bonds is 4. The predicted octanol–water partition coefficient (Wildman–Crippen LogP) is 3.33. The Morgan fingerprint density at radius 3 is 2.43 bits per heavy atom. The van der Waals surface area contributed by atoms with Crippen LogP contribution in [-0.4, -0.2) is 45.0 Å². The van der Waals surface area contributed by atoms with E-state index in [1.54, 1.807) is 19.2 Å². The minimum absolute atomic E-state index is 0. The van der Waals surface area contributed by atoms with Crippen LogP contribution in [0.1, 0.15) is 52.0 Å². The first-order valence-electron chi connectivity index (χ1n) is 9.72. The molecule has 1 saturated carbocycles. The summed E-state index contributed by atoms with van der Waals surface area (Å²) in [6.45, 7) is 8.03. The molecule has 0 aromatic heterocycles. The van der Waals surface area contributed by atoms with Gasteiger partial charge in [-0.3, -0.25) is 4.99 Å². The van der Waals surface area contributed by atoms with Crippen LogP contribution in [0, 0.1) is 5.41 Å². The molecule has 1 aliphatic carbocycles. The molecule has 28 heavy (non-hydrogen) atoms. The quantitative estimate of drug-likeness (QED) is 0.363. The van der Waals surface area contributed by atoms with Gasteiger partial charge in [0.25, 0.3) is 0 Å². The lowest BCUT2D eigenvalue weighted by molar-refractivity contribution is 0.151. The van der Waals surface area contributed by atoms with Gasteiger partial charge in [-0.15, -0.1) is 24.0 Å². The van der Waals surface area contributed by atoms with E-state index in [1.807, 2.05) is 32.9 Å². The number of guanidine groups is 1. The summed E-state index contributed by atoms with van der Waals surface area (Å²) in [6.07, 6.45) is 5.21. The number of halogens is 1. The first-order chi connectivity index (χ1) is 12.6. The molecule has 158 valence electrons. The first kappa shape index (κ1) is 23.4. The van der Waals surface area contributed by atoms with Crippen LogP contribution in [-0.2, 0) is 16.6 Å². The zero-order valence-electron chi connectivity index (χ0n) is 17.3. The highest BCUT2D eigenvalue weighted by atomic mass is 127.